The maximum atomic E-state index is 12.2. The summed E-state index contributed by atoms with van der Waals surface area (Å²) in [5.41, 5.74) is 5.32. The van der Waals surface area contributed by atoms with Crippen molar-refractivity contribution in [2.24, 2.45) is 11.7 Å². The molecule has 3 nitrogen and oxygen atoms in total. The Hall–Kier alpha value is -0.410. The summed E-state index contributed by atoms with van der Waals surface area (Å²) < 4.78 is 5.92. The van der Waals surface area contributed by atoms with E-state index in [4.69, 9.17) is 10.5 Å². The molecule has 16 heavy (non-hydrogen) atoms. The molecular weight excluding hydrogens is 202 g/mol. The van der Waals surface area contributed by atoms with Crippen molar-refractivity contribution in [3.8, 4) is 0 Å². The third-order valence-corrected chi connectivity index (χ3v) is 3.38. The lowest BCUT2D eigenvalue weighted by Gasteiger charge is -2.27. The summed E-state index contributed by atoms with van der Waals surface area (Å²) in [6.45, 7) is 10.1. The number of nitrogens with two attached hydrogens (primary N) is 1. The summed E-state index contributed by atoms with van der Waals surface area (Å²) in [5.74, 6) is 0.0986. The zero-order chi connectivity index (χ0) is 12.6. The Bertz CT molecular complexity index is 271. The Morgan fingerprint density at radius 3 is 2.38 bits per heavy atom. The van der Waals surface area contributed by atoms with Crippen LogP contribution in [0.5, 0.6) is 0 Å². The highest BCUT2D eigenvalue weighted by Crippen LogP contribution is 2.42. The minimum absolute atomic E-state index is 0.0657. The lowest BCUT2D eigenvalue weighted by molar-refractivity contribution is -0.130. The molecule has 0 aliphatic carbocycles. The van der Waals surface area contributed by atoms with E-state index in [0.717, 1.165) is 19.3 Å². The van der Waals surface area contributed by atoms with Crippen LogP contribution in [0, 0.1) is 5.92 Å². The number of carbonyl (C=O) groups excluding carboxylic acids is 1. The molecule has 0 amide bonds. The highest BCUT2D eigenvalue weighted by atomic mass is 16.5. The van der Waals surface area contributed by atoms with Crippen molar-refractivity contribution < 1.29 is 9.53 Å². The molecule has 0 saturated carbocycles. The summed E-state index contributed by atoms with van der Waals surface area (Å²) in [6, 6.07) is -0.327. The lowest BCUT2D eigenvalue weighted by Crippen LogP contribution is -2.42. The van der Waals surface area contributed by atoms with Gasteiger partial charge in [0.05, 0.1) is 23.2 Å². The molecule has 0 aromatic rings. The van der Waals surface area contributed by atoms with Crippen molar-refractivity contribution in [3.05, 3.63) is 0 Å². The SMILES string of the molecule is CCCC(N)C(=O)C1CC(C)(C)OC1(C)C. The number of ketones is 1. The molecule has 94 valence electrons. The van der Waals surface area contributed by atoms with Crippen molar-refractivity contribution in [2.45, 2.75) is 71.1 Å². The minimum atomic E-state index is -0.383. The molecule has 1 fully saturated rings. The van der Waals surface area contributed by atoms with Gasteiger partial charge in [-0.3, -0.25) is 4.79 Å². The van der Waals surface area contributed by atoms with Crippen LogP contribution in [0.15, 0.2) is 0 Å². The van der Waals surface area contributed by atoms with Gasteiger partial charge in [-0.25, -0.2) is 0 Å². The summed E-state index contributed by atoms with van der Waals surface area (Å²) in [4.78, 5) is 12.2. The molecule has 2 N–H and O–H groups in total. The third kappa shape index (κ3) is 2.83. The first-order valence-electron chi connectivity index (χ1n) is 6.19. The van der Waals surface area contributed by atoms with Gasteiger partial charge in [-0.2, -0.15) is 0 Å². The second-order valence-electron chi connectivity index (χ2n) is 6.02. The van der Waals surface area contributed by atoms with Crippen molar-refractivity contribution in [1.82, 2.24) is 0 Å². The maximum Gasteiger partial charge on any atom is 0.155 e. The Labute approximate surface area is 98.7 Å². The van der Waals surface area contributed by atoms with E-state index in [1.54, 1.807) is 0 Å². The van der Waals surface area contributed by atoms with Crippen LogP contribution in [-0.2, 0) is 9.53 Å². The van der Waals surface area contributed by atoms with Crippen molar-refractivity contribution in [2.75, 3.05) is 0 Å². The summed E-state index contributed by atoms with van der Waals surface area (Å²) >= 11 is 0. The van der Waals surface area contributed by atoms with Gasteiger partial charge in [0.1, 0.15) is 0 Å². The zero-order valence-corrected chi connectivity index (χ0v) is 11.2. The first kappa shape index (κ1) is 13.7. The number of hydrogen-bond donors (Lipinski definition) is 1. The number of carbonyl (C=O) groups is 1. The van der Waals surface area contributed by atoms with Crippen molar-refractivity contribution in [3.63, 3.8) is 0 Å². The van der Waals surface area contributed by atoms with Crippen LogP contribution in [0.25, 0.3) is 0 Å². The Morgan fingerprint density at radius 1 is 1.44 bits per heavy atom. The predicted octanol–water partition coefficient (Wildman–Crippen LogP) is 2.28. The Morgan fingerprint density at radius 2 is 2.00 bits per heavy atom. The lowest BCUT2D eigenvalue weighted by atomic mass is 9.81. The maximum absolute atomic E-state index is 12.2. The van der Waals surface area contributed by atoms with E-state index in [1.807, 2.05) is 34.6 Å². The molecule has 1 rings (SSSR count). The first-order chi connectivity index (χ1) is 7.19. The zero-order valence-electron chi connectivity index (χ0n) is 11.2. The molecule has 1 aliphatic heterocycles. The van der Waals surface area contributed by atoms with Crippen LogP contribution < -0.4 is 5.73 Å². The van der Waals surface area contributed by atoms with Gasteiger partial charge in [-0.05, 0) is 40.5 Å². The minimum Gasteiger partial charge on any atom is -0.369 e. The van der Waals surface area contributed by atoms with Crippen LogP contribution in [0.2, 0.25) is 0 Å². The Kier molecular flexibility index (Phi) is 3.80. The van der Waals surface area contributed by atoms with Gasteiger partial charge in [0.25, 0.3) is 0 Å². The van der Waals surface area contributed by atoms with Gasteiger partial charge in [0.2, 0.25) is 0 Å². The van der Waals surface area contributed by atoms with Gasteiger partial charge in [-0.15, -0.1) is 0 Å². The standard InChI is InChI=1S/C13H25NO2/c1-6-7-10(14)11(15)9-8-12(2,3)16-13(9,4)5/h9-10H,6-8,14H2,1-5H3. The normalized spacial score (nSPS) is 29.0. The van der Waals surface area contributed by atoms with Gasteiger partial charge in [0, 0.05) is 0 Å². The molecule has 1 saturated heterocycles. The molecule has 0 aromatic heterocycles. The number of ether oxygens (including phenoxy) is 1. The van der Waals surface area contributed by atoms with Gasteiger partial charge >= 0.3 is 0 Å². The fourth-order valence-electron chi connectivity index (χ4n) is 2.72. The first-order valence-corrected chi connectivity index (χ1v) is 6.19. The van der Waals surface area contributed by atoms with Gasteiger partial charge < -0.3 is 10.5 Å². The van der Waals surface area contributed by atoms with Crippen LogP contribution in [-0.4, -0.2) is 23.0 Å². The highest BCUT2D eigenvalue weighted by Gasteiger charge is 2.49. The molecule has 3 heteroatoms. The number of hydrogen-bond acceptors (Lipinski definition) is 3. The molecule has 0 radical (unpaired) electrons. The number of Topliss-reactive ketones (excluding diaryl/α,β-unsaturated/α-hetero) is 1. The van der Waals surface area contributed by atoms with E-state index in [2.05, 4.69) is 0 Å². The van der Waals surface area contributed by atoms with E-state index in [9.17, 15) is 4.79 Å². The van der Waals surface area contributed by atoms with Crippen LogP contribution in [0.4, 0.5) is 0 Å². The van der Waals surface area contributed by atoms with E-state index in [0.29, 0.717) is 0 Å². The van der Waals surface area contributed by atoms with E-state index >= 15 is 0 Å². The van der Waals surface area contributed by atoms with E-state index in [-0.39, 0.29) is 28.9 Å². The molecule has 1 heterocycles. The van der Waals surface area contributed by atoms with Crippen molar-refractivity contribution >= 4 is 5.78 Å². The fourth-order valence-corrected chi connectivity index (χ4v) is 2.72. The van der Waals surface area contributed by atoms with Gasteiger partial charge in [0.15, 0.2) is 5.78 Å². The largest absolute Gasteiger partial charge is 0.369 e. The monoisotopic (exact) mass is 227 g/mol. The second kappa shape index (κ2) is 4.46. The predicted molar refractivity (Wildman–Crippen MR) is 65.2 cm³/mol. The molecule has 0 spiro atoms. The molecule has 1 aliphatic rings. The van der Waals surface area contributed by atoms with Crippen LogP contribution in [0.1, 0.15) is 53.9 Å². The van der Waals surface area contributed by atoms with Crippen molar-refractivity contribution in [1.29, 1.82) is 0 Å². The summed E-state index contributed by atoms with van der Waals surface area (Å²) in [6.07, 6.45) is 2.49. The molecular formula is C13H25NO2. The number of rotatable bonds is 4. The Balaban J connectivity index is 2.77. The topological polar surface area (TPSA) is 52.3 Å². The summed E-state index contributed by atoms with van der Waals surface area (Å²) in [5, 5.41) is 0. The van der Waals surface area contributed by atoms with Gasteiger partial charge in [-0.1, -0.05) is 13.3 Å². The van der Waals surface area contributed by atoms with Crippen LogP contribution >= 0.6 is 0 Å². The molecule has 0 bridgehead atoms. The third-order valence-electron chi connectivity index (χ3n) is 3.38. The van der Waals surface area contributed by atoms with E-state index in [1.165, 1.54) is 0 Å². The second-order valence-corrected chi connectivity index (χ2v) is 6.02. The smallest absolute Gasteiger partial charge is 0.155 e. The molecule has 2 unspecified atom stereocenters. The quantitative estimate of drug-likeness (QED) is 0.801. The molecule has 0 aromatic carbocycles. The summed E-state index contributed by atoms with van der Waals surface area (Å²) in [7, 11) is 0. The van der Waals surface area contributed by atoms with Crippen LogP contribution in [0.3, 0.4) is 0 Å². The fraction of sp³-hybridized carbons (Fsp3) is 0.923. The highest BCUT2D eigenvalue weighted by molar-refractivity contribution is 5.87. The average Bonchev–Trinajstić information content (AvgIpc) is 2.33. The van der Waals surface area contributed by atoms with E-state index < -0.39 is 0 Å². The average molecular weight is 227 g/mol. The molecule has 2 atom stereocenters.